The second-order valence-electron chi connectivity index (χ2n) is 7.36. The molecule has 0 unspecified atom stereocenters. The first kappa shape index (κ1) is 20.8. The van der Waals surface area contributed by atoms with Crippen LogP contribution in [0.2, 0.25) is 0 Å². The molecule has 1 saturated heterocycles. The van der Waals surface area contributed by atoms with Gasteiger partial charge < -0.3 is 24.1 Å². The largest absolute Gasteiger partial charge is 0.493 e. The van der Waals surface area contributed by atoms with Crippen molar-refractivity contribution in [2.45, 2.75) is 32.7 Å². The Morgan fingerprint density at radius 1 is 1.22 bits per heavy atom. The quantitative estimate of drug-likeness (QED) is 0.807. The number of rotatable bonds is 6. The first-order valence-corrected chi connectivity index (χ1v) is 8.60. The molecule has 1 N–H and O–H groups in total. The van der Waals surface area contributed by atoms with Crippen LogP contribution in [-0.4, -0.2) is 62.6 Å². The van der Waals surface area contributed by atoms with E-state index in [4.69, 9.17) is 18.9 Å². The fourth-order valence-electron chi connectivity index (χ4n) is 3.10. The molecule has 1 fully saturated rings. The predicted molar refractivity (Wildman–Crippen MR) is 97.4 cm³/mol. The number of methoxy groups -OCH3 is 3. The summed E-state index contributed by atoms with van der Waals surface area (Å²) in [7, 11) is 4.40. The smallest absolute Gasteiger partial charge is 0.417 e. The zero-order valence-electron chi connectivity index (χ0n) is 16.6. The molecule has 0 bridgehead atoms. The van der Waals surface area contributed by atoms with Crippen molar-refractivity contribution in [2.75, 3.05) is 34.5 Å². The van der Waals surface area contributed by atoms with E-state index in [1.165, 1.54) is 21.3 Å². The standard InChI is InChI=1S/C19H27NO7/c1-19(2,3)15-10-27-18(23)20(15)17(22)12(9-21)11-7-13(24-4)16(26-6)14(8-11)25-5/h7-8,12,15,21H,9-10H2,1-6H3/t12-,15+/m1/s1. The first-order valence-electron chi connectivity index (χ1n) is 8.60. The van der Waals surface area contributed by atoms with Gasteiger partial charge in [0, 0.05) is 0 Å². The molecule has 2 rings (SSSR count). The molecule has 0 spiro atoms. The number of benzene rings is 1. The average molecular weight is 381 g/mol. The highest BCUT2D eigenvalue weighted by molar-refractivity contribution is 5.97. The highest BCUT2D eigenvalue weighted by Crippen LogP contribution is 2.41. The number of carbonyl (C=O) groups excluding carboxylic acids is 2. The lowest BCUT2D eigenvalue weighted by Crippen LogP contribution is -2.48. The van der Waals surface area contributed by atoms with Crippen LogP contribution in [0, 0.1) is 5.41 Å². The van der Waals surface area contributed by atoms with Gasteiger partial charge in [0.05, 0.1) is 39.9 Å². The van der Waals surface area contributed by atoms with E-state index in [-0.39, 0.29) is 12.0 Å². The number of nitrogens with zero attached hydrogens (tertiary/aromatic N) is 1. The molecule has 1 aromatic carbocycles. The fraction of sp³-hybridized carbons (Fsp3) is 0.579. The number of hydrogen-bond donors (Lipinski definition) is 1. The van der Waals surface area contributed by atoms with Crippen LogP contribution in [0.1, 0.15) is 32.3 Å². The Bertz CT molecular complexity index is 685. The van der Waals surface area contributed by atoms with Gasteiger partial charge in [0.15, 0.2) is 11.5 Å². The van der Waals surface area contributed by atoms with Gasteiger partial charge in [0.1, 0.15) is 6.61 Å². The van der Waals surface area contributed by atoms with Crippen LogP contribution in [0.25, 0.3) is 0 Å². The second kappa shape index (κ2) is 8.04. The van der Waals surface area contributed by atoms with E-state index < -0.39 is 30.6 Å². The van der Waals surface area contributed by atoms with Crippen molar-refractivity contribution in [3.63, 3.8) is 0 Å². The molecule has 8 nitrogen and oxygen atoms in total. The number of carbonyl (C=O) groups is 2. The van der Waals surface area contributed by atoms with Crippen molar-refractivity contribution in [3.8, 4) is 17.2 Å². The van der Waals surface area contributed by atoms with Gasteiger partial charge in [-0.1, -0.05) is 20.8 Å². The summed E-state index contributed by atoms with van der Waals surface area (Å²) in [6.07, 6.45) is -0.703. The van der Waals surface area contributed by atoms with Gasteiger partial charge in [-0.3, -0.25) is 4.79 Å². The zero-order chi connectivity index (χ0) is 20.4. The Hall–Kier alpha value is -2.48. The summed E-state index contributed by atoms with van der Waals surface area (Å²) in [4.78, 5) is 26.5. The molecule has 2 amide bonds. The molecule has 0 aliphatic carbocycles. The number of hydrogen-bond acceptors (Lipinski definition) is 7. The molecule has 1 aliphatic rings. The lowest BCUT2D eigenvalue weighted by Gasteiger charge is -2.32. The Kier molecular flexibility index (Phi) is 6.20. The molecule has 1 heterocycles. The van der Waals surface area contributed by atoms with Crippen LogP contribution in [0.3, 0.4) is 0 Å². The highest BCUT2D eigenvalue weighted by atomic mass is 16.6. The third-order valence-electron chi connectivity index (χ3n) is 4.68. The molecule has 0 aromatic heterocycles. The van der Waals surface area contributed by atoms with E-state index in [1.807, 2.05) is 20.8 Å². The predicted octanol–water partition coefficient (Wildman–Crippen LogP) is 2.18. The minimum atomic E-state index is -0.978. The molecular formula is C19H27NO7. The molecule has 8 heteroatoms. The van der Waals surface area contributed by atoms with Gasteiger partial charge in [-0.25, -0.2) is 9.69 Å². The van der Waals surface area contributed by atoms with E-state index in [2.05, 4.69) is 0 Å². The summed E-state index contributed by atoms with van der Waals surface area (Å²) in [6.45, 7) is 5.41. The average Bonchev–Trinajstić information content (AvgIpc) is 3.03. The monoisotopic (exact) mass is 381 g/mol. The Morgan fingerprint density at radius 3 is 2.19 bits per heavy atom. The summed E-state index contributed by atoms with van der Waals surface area (Å²) in [5.41, 5.74) is 0.0845. The number of imide groups is 1. The number of amides is 2. The maximum absolute atomic E-state index is 13.2. The molecule has 1 aromatic rings. The van der Waals surface area contributed by atoms with Crippen molar-refractivity contribution in [2.24, 2.45) is 5.41 Å². The van der Waals surface area contributed by atoms with Crippen LogP contribution in [-0.2, 0) is 9.53 Å². The van der Waals surface area contributed by atoms with Crippen LogP contribution in [0.4, 0.5) is 4.79 Å². The van der Waals surface area contributed by atoms with Crippen molar-refractivity contribution in [1.82, 2.24) is 4.90 Å². The van der Waals surface area contributed by atoms with Crippen molar-refractivity contribution in [3.05, 3.63) is 17.7 Å². The SMILES string of the molecule is COc1cc([C@@H](CO)C(=O)N2C(=O)OC[C@H]2C(C)(C)C)cc(OC)c1OC. The lowest BCUT2D eigenvalue weighted by molar-refractivity contribution is -0.133. The number of ether oxygens (including phenoxy) is 4. The van der Waals surface area contributed by atoms with Gasteiger partial charge in [-0.05, 0) is 23.1 Å². The molecule has 0 radical (unpaired) electrons. The van der Waals surface area contributed by atoms with Crippen LogP contribution in [0.15, 0.2) is 12.1 Å². The van der Waals surface area contributed by atoms with Gasteiger partial charge in [0.2, 0.25) is 11.7 Å². The highest BCUT2D eigenvalue weighted by Gasteiger charge is 2.46. The van der Waals surface area contributed by atoms with Gasteiger partial charge in [-0.15, -0.1) is 0 Å². The lowest BCUT2D eigenvalue weighted by atomic mass is 9.85. The van der Waals surface area contributed by atoms with Gasteiger partial charge in [0.25, 0.3) is 0 Å². The Labute approximate surface area is 159 Å². The van der Waals surface area contributed by atoms with E-state index in [1.54, 1.807) is 12.1 Å². The third-order valence-corrected chi connectivity index (χ3v) is 4.68. The maximum atomic E-state index is 13.2. The zero-order valence-corrected chi connectivity index (χ0v) is 16.6. The molecule has 0 saturated carbocycles. The summed E-state index contributed by atoms with van der Waals surface area (Å²) in [5, 5.41) is 9.93. The van der Waals surface area contributed by atoms with Crippen LogP contribution >= 0.6 is 0 Å². The van der Waals surface area contributed by atoms with Crippen LogP contribution in [0.5, 0.6) is 17.2 Å². The van der Waals surface area contributed by atoms with E-state index in [9.17, 15) is 14.7 Å². The van der Waals surface area contributed by atoms with Crippen molar-refractivity contribution >= 4 is 12.0 Å². The molecule has 150 valence electrons. The minimum absolute atomic E-state index is 0.126. The molecule has 27 heavy (non-hydrogen) atoms. The first-order chi connectivity index (χ1) is 12.7. The van der Waals surface area contributed by atoms with Gasteiger partial charge in [-0.2, -0.15) is 0 Å². The van der Waals surface area contributed by atoms with E-state index >= 15 is 0 Å². The summed E-state index contributed by atoms with van der Waals surface area (Å²) in [5.74, 6) is -0.423. The number of cyclic esters (lactones) is 1. The summed E-state index contributed by atoms with van der Waals surface area (Å²) >= 11 is 0. The summed E-state index contributed by atoms with van der Waals surface area (Å²) in [6, 6.07) is 2.76. The third kappa shape index (κ3) is 3.95. The normalized spacial score (nSPS) is 18.1. The van der Waals surface area contributed by atoms with Crippen molar-refractivity contribution < 1.29 is 33.6 Å². The van der Waals surface area contributed by atoms with Gasteiger partial charge >= 0.3 is 6.09 Å². The molecule has 1 aliphatic heterocycles. The maximum Gasteiger partial charge on any atom is 0.417 e. The molecule has 2 atom stereocenters. The Morgan fingerprint density at radius 2 is 1.78 bits per heavy atom. The number of aliphatic hydroxyl groups is 1. The van der Waals surface area contributed by atoms with Crippen LogP contribution < -0.4 is 14.2 Å². The van der Waals surface area contributed by atoms with E-state index in [0.717, 1.165) is 4.90 Å². The van der Waals surface area contributed by atoms with E-state index in [0.29, 0.717) is 22.8 Å². The topological polar surface area (TPSA) is 94.5 Å². The second-order valence-corrected chi connectivity index (χ2v) is 7.36. The summed E-state index contributed by atoms with van der Waals surface area (Å²) < 4.78 is 21.0. The van der Waals surface area contributed by atoms with Crippen molar-refractivity contribution in [1.29, 1.82) is 0 Å². The fourth-order valence-corrected chi connectivity index (χ4v) is 3.10. The molecular weight excluding hydrogens is 354 g/mol. The number of aliphatic hydroxyl groups excluding tert-OH is 1. The minimum Gasteiger partial charge on any atom is -0.493 e. The Balaban J connectivity index is 2.47.